The second-order valence-corrected chi connectivity index (χ2v) is 8.92. The van der Waals surface area contributed by atoms with E-state index in [9.17, 15) is 22.6 Å². The van der Waals surface area contributed by atoms with Crippen molar-refractivity contribution in [2.24, 2.45) is 11.8 Å². The third-order valence-electron chi connectivity index (χ3n) is 4.03. The predicted molar refractivity (Wildman–Crippen MR) is 112 cm³/mol. The molecule has 0 fully saturated rings. The molecule has 0 saturated carbocycles. The Bertz CT molecular complexity index is 773. The van der Waals surface area contributed by atoms with Crippen LogP contribution in [0.3, 0.4) is 0 Å². The summed E-state index contributed by atoms with van der Waals surface area (Å²) in [7, 11) is -4.72. The topological polar surface area (TPSA) is 107 Å². The van der Waals surface area contributed by atoms with Crippen molar-refractivity contribution < 1.29 is 32.0 Å². The maximum absolute atomic E-state index is 12.2. The third kappa shape index (κ3) is 10.6. The van der Waals surface area contributed by atoms with E-state index < -0.39 is 27.0 Å². The molecule has 0 amide bonds. The van der Waals surface area contributed by atoms with Crippen LogP contribution in [0.4, 0.5) is 0 Å². The van der Waals surface area contributed by atoms with Gasteiger partial charge in [0.25, 0.3) is 10.1 Å². The first-order valence-corrected chi connectivity index (χ1v) is 10.9. The first kappa shape index (κ1) is 28.1. The second-order valence-electron chi connectivity index (χ2n) is 7.53. The fourth-order valence-electron chi connectivity index (χ4n) is 2.51. The minimum atomic E-state index is -4.72. The van der Waals surface area contributed by atoms with Gasteiger partial charge in [0.2, 0.25) is 0 Å². The summed E-state index contributed by atoms with van der Waals surface area (Å²) in [5, 5.41) is 0. The molecular weight excluding hydrogens is 407 g/mol. The van der Waals surface area contributed by atoms with E-state index in [0.717, 1.165) is 25.0 Å². The molecule has 0 bridgehead atoms. The molecule has 1 aromatic rings. The summed E-state index contributed by atoms with van der Waals surface area (Å²) in [5.41, 5.74) is -0.378. The van der Waals surface area contributed by atoms with Gasteiger partial charge in [0.15, 0.2) is 0 Å². The average Bonchev–Trinajstić information content (AvgIpc) is 2.60. The fourth-order valence-corrected chi connectivity index (χ4v) is 3.21. The van der Waals surface area contributed by atoms with E-state index in [1.54, 1.807) is 0 Å². The van der Waals surface area contributed by atoms with Crippen LogP contribution in [0.5, 0.6) is 0 Å². The van der Waals surface area contributed by atoms with Crippen LogP contribution in [-0.4, -0.2) is 67.7 Å². The summed E-state index contributed by atoms with van der Waals surface area (Å²) in [5.74, 6) is -0.646. The predicted octanol–water partition coefficient (Wildman–Crippen LogP) is 3.47. The Labute approximate surface area is 195 Å². The van der Waals surface area contributed by atoms with Crippen molar-refractivity contribution in [2.75, 3.05) is 13.2 Å². The number of carbonyl (C=O) groups is 2. The molecule has 9 heteroatoms. The van der Waals surface area contributed by atoms with Gasteiger partial charge < -0.3 is 9.47 Å². The van der Waals surface area contributed by atoms with E-state index >= 15 is 0 Å². The van der Waals surface area contributed by atoms with Crippen molar-refractivity contribution in [3.8, 4) is 0 Å². The van der Waals surface area contributed by atoms with Gasteiger partial charge in [-0.15, -0.1) is 0 Å². The van der Waals surface area contributed by atoms with Crippen molar-refractivity contribution >= 4 is 51.6 Å². The van der Waals surface area contributed by atoms with Crippen molar-refractivity contribution in [1.82, 2.24) is 0 Å². The standard InChI is InChI=1S/C20H30O7S.Na.H/c1-14(2)7-5-11-26-19(21)16-9-10-17(18(13-16)28(23,24)25)20(22)27-12-6-8-15(3)4;;/h9-10,13-15H,5-8,11-12H2,1-4H3,(H,23,24,25);;. The fraction of sp³-hybridized carbons (Fsp3) is 0.600. The van der Waals surface area contributed by atoms with Crippen molar-refractivity contribution in [3.63, 3.8) is 0 Å². The zero-order valence-electron chi connectivity index (χ0n) is 16.9. The molecule has 0 heterocycles. The van der Waals surface area contributed by atoms with Crippen LogP contribution in [-0.2, 0) is 19.6 Å². The molecule has 0 atom stereocenters. The first-order valence-electron chi connectivity index (χ1n) is 9.48. The molecule has 0 aliphatic heterocycles. The SMILES string of the molecule is CC(C)CCCOC(=O)c1ccc(C(=O)OCCCC(C)C)c(S(=O)(=O)O)c1.[NaH]. The molecule has 1 rings (SSSR count). The van der Waals surface area contributed by atoms with E-state index in [-0.39, 0.29) is 53.9 Å². The van der Waals surface area contributed by atoms with Gasteiger partial charge in [-0.3, -0.25) is 4.55 Å². The number of ether oxygens (including phenoxy) is 2. The molecule has 7 nitrogen and oxygen atoms in total. The van der Waals surface area contributed by atoms with Crippen LogP contribution in [0.2, 0.25) is 0 Å². The van der Waals surface area contributed by atoms with Gasteiger partial charge in [-0.1, -0.05) is 27.7 Å². The Hall–Kier alpha value is -0.930. The minimum absolute atomic E-state index is 0. The normalized spacial score (nSPS) is 11.3. The second kappa shape index (κ2) is 13.4. The summed E-state index contributed by atoms with van der Waals surface area (Å²) in [6.07, 6.45) is 3.09. The molecule has 1 aromatic carbocycles. The quantitative estimate of drug-likeness (QED) is 0.244. The van der Waals surface area contributed by atoms with Gasteiger partial charge in [0.05, 0.1) is 24.3 Å². The number of benzene rings is 1. The zero-order chi connectivity index (χ0) is 21.3. The van der Waals surface area contributed by atoms with Crippen molar-refractivity contribution in [1.29, 1.82) is 0 Å². The Morgan fingerprint density at radius 1 is 0.931 bits per heavy atom. The van der Waals surface area contributed by atoms with Gasteiger partial charge in [0.1, 0.15) is 4.90 Å². The Morgan fingerprint density at radius 3 is 1.86 bits per heavy atom. The molecule has 1 N–H and O–H groups in total. The summed E-state index contributed by atoms with van der Waals surface area (Å²) in [4.78, 5) is 23.6. The van der Waals surface area contributed by atoms with Gasteiger partial charge in [-0.2, -0.15) is 8.42 Å². The summed E-state index contributed by atoms with van der Waals surface area (Å²) < 4.78 is 43.0. The van der Waals surface area contributed by atoms with Gasteiger partial charge in [-0.05, 0) is 55.7 Å². The molecule has 160 valence electrons. The Morgan fingerprint density at radius 2 is 1.41 bits per heavy atom. The van der Waals surface area contributed by atoms with Crippen LogP contribution < -0.4 is 0 Å². The van der Waals surface area contributed by atoms with Gasteiger partial charge in [-0.25, -0.2) is 9.59 Å². The molecule has 0 radical (unpaired) electrons. The summed E-state index contributed by atoms with van der Waals surface area (Å²) >= 11 is 0. The summed E-state index contributed by atoms with van der Waals surface area (Å²) in [6.45, 7) is 8.54. The molecular formula is C20H31NaO7S. The van der Waals surface area contributed by atoms with Crippen LogP contribution >= 0.6 is 0 Å². The molecule has 0 saturated heterocycles. The summed E-state index contributed by atoms with van der Waals surface area (Å²) in [6, 6.07) is 3.37. The van der Waals surface area contributed by atoms with E-state index in [1.807, 2.05) is 13.8 Å². The first-order chi connectivity index (χ1) is 13.0. The molecule has 0 spiro atoms. The Kier molecular flexibility index (Phi) is 13.0. The van der Waals surface area contributed by atoms with Crippen LogP contribution in [0.15, 0.2) is 23.1 Å². The molecule has 29 heavy (non-hydrogen) atoms. The van der Waals surface area contributed by atoms with E-state index in [0.29, 0.717) is 24.7 Å². The molecule has 0 aliphatic rings. The number of carbonyl (C=O) groups excluding carboxylic acids is 2. The van der Waals surface area contributed by atoms with E-state index in [1.165, 1.54) is 6.07 Å². The maximum atomic E-state index is 12.2. The average molecular weight is 439 g/mol. The number of rotatable bonds is 11. The number of hydrogen-bond donors (Lipinski definition) is 1. The number of esters is 2. The van der Waals surface area contributed by atoms with E-state index in [2.05, 4.69) is 13.8 Å². The zero-order valence-corrected chi connectivity index (χ0v) is 17.8. The van der Waals surface area contributed by atoms with E-state index in [4.69, 9.17) is 9.47 Å². The molecule has 0 aliphatic carbocycles. The van der Waals surface area contributed by atoms with Crippen LogP contribution in [0, 0.1) is 11.8 Å². The molecule has 0 aromatic heterocycles. The third-order valence-corrected chi connectivity index (χ3v) is 4.93. The van der Waals surface area contributed by atoms with Crippen LogP contribution in [0.25, 0.3) is 0 Å². The van der Waals surface area contributed by atoms with Gasteiger partial charge in [0, 0.05) is 0 Å². The van der Waals surface area contributed by atoms with Crippen molar-refractivity contribution in [3.05, 3.63) is 29.3 Å². The number of hydrogen-bond acceptors (Lipinski definition) is 6. The van der Waals surface area contributed by atoms with Gasteiger partial charge >= 0.3 is 41.5 Å². The monoisotopic (exact) mass is 438 g/mol. The van der Waals surface area contributed by atoms with Crippen molar-refractivity contribution in [2.45, 2.75) is 58.3 Å². The Balaban J connectivity index is 0.00000784. The van der Waals surface area contributed by atoms with Crippen LogP contribution in [0.1, 0.15) is 74.1 Å². The molecule has 0 unspecified atom stereocenters.